The van der Waals surface area contributed by atoms with Gasteiger partial charge in [-0.1, -0.05) is 15.9 Å². The van der Waals surface area contributed by atoms with Gasteiger partial charge < -0.3 is 14.8 Å². The van der Waals surface area contributed by atoms with Crippen LogP contribution in [0.5, 0.6) is 11.5 Å². The van der Waals surface area contributed by atoms with E-state index < -0.39 is 0 Å². The molecule has 1 atom stereocenters. The molecule has 0 saturated carbocycles. The smallest absolute Gasteiger partial charge is 0.161 e. The van der Waals surface area contributed by atoms with Crippen LogP contribution >= 0.6 is 15.9 Å². The molecule has 1 aliphatic rings. The number of nitrogens with one attached hydrogen (secondary N) is 1. The van der Waals surface area contributed by atoms with Gasteiger partial charge in [0.15, 0.2) is 11.5 Å². The molecule has 21 heavy (non-hydrogen) atoms. The minimum Gasteiger partial charge on any atom is -0.493 e. The lowest BCUT2D eigenvalue weighted by atomic mass is 9.97. The third-order valence-electron chi connectivity index (χ3n) is 4.04. The summed E-state index contributed by atoms with van der Waals surface area (Å²) in [5.74, 6) is 2.31. The van der Waals surface area contributed by atoms with Crippen LogP contribution < -0.4 is 14.8 Å². The Morgan fingerprint density at radius 2 is 2.00 bits per heavy atom. The van der Waals surface area contributed by atoms with E-state index in [2.05, 4.69) is 32.2 Å². The highest BCUT2D eigenvalue weighted by molar-refractivity contribution is 9.10. The summed E-state index contributed by atoms with van der Waals surface area (Å²) in [6.07, 6.45) is 2.60. The Labute approximate surface area is 135 Å². The number of ether oxygens (including phenoxy) is 2. The summed E-state index contributed by atoms with van der Waals surface area (Å²) in [4.78, 5) is 2.53. The number of rotatable bonds is 6. The molecule has 0 aliphatic carbocycles. The van der Waals surface area contributed by atoms with Gasteiger partial charge >= 0.3 is 0 Å². The molecule has 0 aromatic heterocycles. The number of likely N-dealkylation sites (tertiary alicyclic amines) is 1. The van der Waals surface area contributed by atoms with Crippen molar-refractivity contribution in [1.82, 2.24) is 10.2 Å². The fourth-order valence-electron chi connectivity index (χ4n) is 3.01. The molecular weight excluding hydrogens is 332 g/mol. The Kier molecular flexibility index (Phi) is 6.33. The van der Waals surface area contributed by atoms with Gasteiger partial charge in [0.1, 0.15) is 0 Å². The van der Waals surface area contributed by atoms with Crippen molar-refractivity contribution < 1.29 is 9.47 Å². The summed E-state index contributed by atoms with van der Waals surface area (Å²) < 4.78 is 11.8. The Balaban J connectivity index is 2.08. The van der Waals surface area contributed by atoms with Crippen molar-refractivity contribution in [3.05, 3.63) is 22.2 Å². The first-order valence-corrected chi connectivity index (χ1v) is 8.24. The summed E-state index contributed by atoms with van der Waals surface area (Å²) >= 11 is 3.65. The molecule has 0 radical (unpaired) electrons. The van der Waals surface area contributed by atoms with Crippen molar-refractivity contribution >= 4 is 15.9 Å². The van der Waals surface area contributed by atoms with Gasteiger partial charge in [0.25, 0.3) is 0 Å². The third kappa shape index (κ3) is 4.34. The molecule has 118 valence electrons. The van der Waals surface area contributed by atoms with E-state index in [-0.39, 0.29) is 0 Å². The molecule has 1 saturated heterocycles. The molecule has 1 aromatic rings. The van der Waals surface area contributed by atoms with E-state index in [9.17, 15) is 0 Å². The van der Waals surface area contributed by atoms with Crippen molar-refractivity contribution in [1.29, 1.82) is 0 Å². The Morgan fingerprint density at radius 1 is 1.29 bits per heavy atom. The molecule has 0 spiro atoms. The molecular formula is C16H25BrN2O2. The van der Waals surface area contributed by atoms with E-state index in [1.807, 2.05) is 13.1 Å². The second-order valence-electron chi connectivity index (χ2n) is 5.60. The van der Waals surface area contributed by atoms with Gasteiger partial charge in [-0.2, -0.15) is 0 Å². The summed E-state index contributed by atoms with van der Waals surface area (Å²) in [7, 11) is 5.38. The largest absolute Gasteiger partial charge is 0.493 e. The number of halogens is 1. The summed E-state index contributed by atoms with van der Waals surface area (Å²) in [5.41, 5.74) is 1.25. The van der Waals surface area contributed by atoms with Crippen LogP contribution in [0.3, 0.4) is 0 Å². The quantitative estimate of drug-likeness (QED) is 0.849. The zero-order chi connectivity index (χ0) is 15.2. The standard InChI is InChI=1S/C16H25BrN2O2/c1-18-9-12-5-4-6-19(10-12)11-13-7-15(20-2)16(21-3)8-14(13)17/h7-8,12,18H,4-6,9-11H2,1-3H3. The molecule has 1 unspecified atom stereocenters. The summed E-state index contributed by atoms with van der Waals surface area (Å²) in [6, 6.07) is 4.06. The fourth-order valence-corrected chi connectivity index (χ4v) is 3.46. The van der Waals surface area contributed by atoms with Crippen molar-refractivity contribution in [3.63, 3.8) is 0 Å². The number of piperidine rings is 1. The van der Waals surface area contributed by atoms with E-state index in [1.54, 1.807) is 14.2 Å². The normalized spacial score (nSPS) is 19.5. The number of benzene rings is 1. The van der Waals surface area contributed by atoms with Gasteiger partial charge in [-0.15, -0.1) is 0 Å². The van der Waals surface area contributed by atoms with Crippen LogP contribution in [-0.4, -0.2) is 45.8 Å². The molecule has 0 amide bonds. The van der Waals surface area contributed by atoms with Gasteiger partial charge in [0.2, 0.25) is 0 Å². The van der Waals surface area contributed by atoms with Crippen molar-refractivity contribution in [2.75, 3.05) is 40.9 Å². The topological polar surface area (TPSA) is 33.7 Å². The number of nitrogens with zero attached hydrogens (tertiary/aromatic N) is 1. The van der Waals surface area contributed by atoms with Gasteiger partial charge in [-0.05, 0) is 56.6 Å². The first-order chi connectivity index (χ1) is 10.2. The summed E-state index contributed by atoms with van der Waals surface area (Å²) in [5, 5.41) is 3.29. The minimum atomic E-state index is 0.752. The lowest BCUT2D eigenvalue weighted by Gasteiger charge is -2.33. The third-order valence-corrected chi connectivity index (χ3v) is 4.78. The highest BCUT2D eigenvalue weighted by Crippen LogP contribution is 2.34. The fraction of sp³-hybridized carbons (Fsp3) is 0.625. The van der Waals surface area contributed by atoms with Crippen LogP contribution in [0.1, 0.15) is 18.4 Å². The van der Waals surface area contributed by atoms with E-state index in [0.717, 1.165) is 41.5 Å². The molecule has 5 heteroatoms. The second kappa shape index (κ2) is 8.01. The monoisotopic (exact) mass is 356 g/mol. The predicted octanol–water partition coefficient (Wildman–Crippen LogP) is 2.90. The number of methoxy groups -OCH3 is 2. The average molecular weight is 357 g/mol. The maximum atomic E-state index is 5.41. The van der Waals surface area contributed by atoms with Crippen molar-refractivity contribution in [2.24, 2.45) is 5.92 Å². The molecule has 1 aliphatic heterocycles. The first kappa shape index (κ1) is 16.6. The van der Waals surface area contributed by atoms with E-state index in [1.165, 1.54) is 24.9 Å². The molecule has 1 aromatic carbocycles. The average Bonchev–Trinajstić information content (AvgIpc) is 2.49. The Hall–Kier alpha value is -0.780. The zero-order valence-corrected chi connectivity index (χ0v) is 14.7. The molecule has 0 bridgehead atoms. The highest BCUT2D eigenvalue weighted by Gasteiger charge is 2.20. The van der Waals surface area contributed by atoms with E-state index in [4.69, 9.17) is 9.47 Å². The van der Waals surface area contributed by atoms with Gasteiger partial charge in [0, 0.05) is 17.6 Å². The van der Waals surface area contributed by atoms with Gasteiger partial charge in [0.05, 0.1) is 14.2 Å². The van der Waals surface area contributed by atoms with Crippen LogP contribution in [0, 0.1) is 5.92 Å². The van der Waals surface area contributed by atoms with E-state index in [0.29, 0.717) is 0 Å². The molecule has 1 N–H and O–H groups in total. The van der Waals surface area contributed by atoms with Crippen molar-refractivity contribution in [3.8, 4) is 11.5 Å². The molecule has 1 heterocycles. The lowest BCUT2D eigenvalue weighted by molar-refractivity contribution is 0.166. The number of hydrogen-bond acceptors (Lipinski definition) is 4. The van der Waals surface area contributed by atoms with Crippen LogP contribution in [0.2, 0.25) is 0 Å². The number of hydrogen-bond donors (Lipinski definition) is 1. The molecule has 2 rings (SSSR count). The Morgan fingerprint density at radius 3 is 2.67 bits per heavy atom. The summed E-state index contributed by atoms with van der Waals surface area (Å²) in [6.45, 7) is 4.37. The maximum absolute atomic E-state index is 5.41. The Bertz CT molecular complexity index is 466. The lowest BCUT2D eigenvalue weighted by Crippen LogP contribution is -2.38. The van der Waals surface area contributed by atoms with Gasteiger partial charge in [-0.3, -0.25) is 4.90 Å². The van der Waals surface area contributed by atoms with Crippen LogP contribution in [0.4, 0.5) is 0 Å². The van der Waals surface area contributed by atoms with Crippen LogP contribution in [0.25, 0.3) is 0 Å². The second-order valence-corrected chi connectivity index (χ2v) is 6.45. The van der Waals surface area contributed by atoms with Gasteiger partial charge in [-0.25, -0.2) is 0 Å². The SMILES string of the molecule is CNCC1CCCN(Cc2cc(OC)c(OC)cc2Br)C1. The van der Waals surface area contributed by atoms with Crippen LogP contribution in [-0.2, 0) is 6.54 Å². The first-order valence-electron chi connectivity index (χ1n) is 7.45. The molecule has 1 fully saturated rings. The van der Waals surface area contributed by atoms with E-state index >= 15 is 0 Å². The molecule has 4 nitrogen and oxygen atoms in total. The maximum Gasteiger partial charge on any atom is 0.161 e. The highest BCUT2D eigenvalue weighted by atomic mass is 79.9. The predicted molar refractivity (Wildman–Crippen MR) is 89.2 cm³/mol. The van der Waals surface area contributed by atoms with Crippen molar-refractivity contribution in [2.45, 2.75) is 19.4 Å². The van der Waals surface area contributed by atoms with Crippen LogP contribution in [0.15, 0.2) is 16.6 Å². The zero-order valence-electron chi connectivity index (χ0n) is 13.1. The minimum absolute atomic E-state index is 0.752.